The Morgan fingerprint density at radius 3 is 2.62 bits per heavy atom. The number of hydrogen-bond donors (Lipinski definition) is 1. The highest BCUT2D eigenvalue weighted by Crippen LogP contribution is 2.51. The summed E-state index contributed by atoms with van der Waals surface area (Å²) in [6.07, 6.45) is 2.66. The second kappa shape index (κ2) is 5.07. The molecule has 1 aliphatic carbocycles. The van der Waals surface area contributed by atoms with Crippen molar-refractivity contribution in [3.63, 3.8) is 0 Å². The lowest BCUT2D eigenvalue weighted by molar-refractivity contribution is -0.124. The summed E-state index contributed by atoms with van der Waals surface area (Å²) in [5.41, 5.74) is 4.07. The molecular weight excluding hydrogens is 324 g/mol. The summed E-state index contributed by atoms with van der Waals surface area (Å²) in [5, 5.41) is 3.47. The molecule has 2 atom stereocenters. The minimum atomic E-state index is -0.358. The number of benzene rings is 2. The van der Waals surface area contributed by atoms with Gasteiger partial charge in [-0.05, 0) is 29.2 Å². The van der Waals surface area contributed by atoms with Crippen LogP contribution in [0.25, 0.3) is 0 Å². The first kappa shape index (κ1) is 15.4. The summed E-state index contributed by atoms with van der Waals surface area (Å²) in [5.74, 6) is -0.200. The lowest BCUT2D eigenvalue weighted by Crippen LogP contribution is -2.39. The van der Waals surface area contributed by atoms with Crippen LogP contribution in [0.1, 0.15) is 42.2 Å². The van der Waals surface area contributed by atoms with E-state index in [9.17, 15) is 9.59 Å². The Hall–Kier alpha value is -2.88. The number of ketones is 1. The zero-order valence-electron chi connectivity index (χ0n) is 14.8. The van der Waals surface area contributed by atoms with Gasteiger partial charge in [-0.3, -0.25) is 14.5 Å². The monoisotopic (exact) mass is 344 g/mol. The maximum atomic E-state index is 13.2. The number of nitrogens with one attached hydrogen (secondary N) is 1. The highest BCUT2D eigenvalue weighted by molar-refractivity contribution is 6.14. The molecule has 2 heterocycles. The molecule has 1 amide bonds. The van der Waals surface area contributed by atoms with Gasteiger partial charge in [-0.15, -0.1) is 0 Å². The molecule has 0 spiro atoms. The fourth-order valence-corrected chi connectivity index (χ4v) is 4.63. The second-order valence-electron chi connectivity index (χ2n) is 8.06. The van der Waals surface area contributed by atoms with Crippen LogP contribution in [0.2, 0.25) is 0 Å². The van der Waals surface area contributed by atoms with Gasteiger partial charge in [0.2, 0.25) is 0 Å². The molecule has 2 aliphatic heterocycles. The number of carbonyl (C=O) groups is 2. The summed E-state index contributed by atoms with van der Waals surface area (Å²) in [7, 11) is 0. The number of nitrogens with zero attached hydrogens (tertiary/aromatic N) is 1. The van der Waals surface area contributed by atoms with Crippen LogP contribution in [-0.4, -0.2) is 11.7 Å². The largest absolute Gasteiger partial charge is 0.357 e. The predicted molar refractivity (Wildman–Crippen MR) is 101 cm³/mol. The maximum Gasteiger partial charge on any atom is 0.259 e. The van der Waals surface area contributed by atoms with E-state index in [-0.39, 0.29) is 29.1 Å². The van der Waals surface area contributed by atoms with Gasteiger partial charge >= 0.3 is 0 Å². The summed E-state index contributed by atoms with van der Waals surface area (Å²) in [4.78, 5) is 28.2. The van der Waals surface area contributed by atoms with E-state index in [4.69, 9.17) is 0 Å². The van der Waals surface area contributed by atoms with Crippen molar-refractivity contribution in [3.8, 4) is 0 Å². The quantitative estimate of drug-likeness (QED) is 0.775. The number of anilines is 2. The molecule has 0 bridgehead atoms. The van der Waals surface area contributed by atoms with Crippen LogP contribution >= 0.6 is 0 Å². The normalized spacial score (nSPS) is 25.3. The van der Waals surface area contributed by atoms with Gasteiger partial charge in [0.15, 0.2) is 0 Å². The molecule has 0 fully saturated rings. The zero-order chi connectivity index (χ0) is 18.1. The van der Waals surface area contributed by atoms with E-state index in [1.54, 1.807) is 0 Å². The van der Waals surface area contributed by atoms with Crippen molar-refractivity contribution in [2.45, 2.75) is 26.3 Å². The summed E-state index contributed by atoms with van der Waals surface area (Å²) >= 11 is 0. The Morgan fingerprint density at radius 2 is 1.77 bits per heavy atom. The van der Waals surface area contributed by atoms with Crippen molar-refractivity contribution >= 4 is 23.1 Å². The summed E-state index contributed by atoms with van der Waals surface area (Å²) in [6, 6.07) is 15.2. The van der Waals surface area contributed by atoms with E-state index in [0.29, 0.717) is 12.0 Å². The van der Waals surface area contributed by atoms with E-state index in [0.717, 1.165) is 22.6 Å². The molecule has 1 N–H and O–H groups in total. The van der Waals surface area contributed by atoms with Crippen molar-refractivity contribution in [3.05, 3.63) is 71.4 Å². The molecule has 3 aliphatic rings. The van der Waals surface area contributed by atoms with Crippen LogP contribution in [0.15, 0.2) is 60.3 Å². The highest BCUT2D eigenvalue weighted by Gasteiger charge is 2.50. The lowest BCUT2D eigenvalue weighted by atomic mass is 9.72. The molecule has 0 radical (unpaired) electrons. The van der Waals surface area contributed by atoms with Gasteiger partial charge in [0.05, 0.1) is 23.3 Å². The Bertz CT molecular complexity index is 989. The molecule has 2 unspecified atom stereocenters. The molecular formula is C22H20N2O2. The lowest BCUT2D eigenvalue weighted by Gasteiger charge is -2.36. The average Bonchev–Trinajstić information content (AvgIpc) is 2.79. The molecule has 130 valence electrons. The minimum Gasteiger partial charge on any atom is -0.357 e. The van der Waals surface area contributed by atoms with Crippen LogP contribution in [0.4, 0.5) is 11.4 Å². The van der Waals surface area contributed by atoms with Crippen molar-refractivity contribution in [2.75, 3.05) is 10.2 Å². The van der Waals surface area contributed by atoms with E-state index in [1.807, 2.05) is 53.4 Å². The Kier molecular flexibility index (Phi) is 3.00. The first-order valence-electron chi connectivity index (χ1n) is 9.00. The number of allylic oxidation sites excluding steroid dienone is 1. The van der Waals surface area contributed by atoms with Gasteiger partial charge in [-0.25, -0.2) is 0 Å². The molecule has 2 aromatic rings. The maximum absolute atomic E-state index is 13.2. The molecule has 0 saturated carbocycles. The Morgan fingerprint density at radius 1 is 1.04 bits per heavy atom. The fourth-order valence-electron chi connectivity index (χ4n) is 4.63. The van der Waals surface area contributed by atoms with Gasteiger partial charge < -0.3 is 5.32 Å². The molecule has 26 heavy (non-hydrogen) atoms. The van der Waals surface area contributed by atoms with Crippen LogP contribution in [0.3, 0.4) is 0 Å². The second-order valence-corrected chi connectivity index (χ2v) is 8.06. The number of Topliss-reactive ketones (excluding diaryl/α,β-unsaturated/α-hetero) is 1. The first-order valence-corrected chi connectivity index (χ1v) is 9.00. The number of rotatable bonds is 0. The standard InChI is InChI=1S/C22H20N2O2/c1-22(2)11-16-19(18(25)12-22)20-13-7-3-4-8-14(13)21(26)24(20)17-10-6-5-9-15(17)23-16/h3-11,19-20,23H,12H2,1-2H3. The third-order valence-corrected chi connectivity index (χ3v) is 5.62. The van der Waals surface area contributed by atoms with E-state index < -0.39 is 0 Å². The summed E-state index contributed by atoms with van der Waals surface area (Å²) in [6.45, 7) is 4.16. The Balaban J connectivity index is 1.81. The van der Waals surface area contributed by atoms with Crippen molar-refractivity contribution in [1.29, 1.82) is 0 Å². The SMILES string of the molecule is CC1(C)C=C2Nc3ccccc3N3C(=O)c4ccccc4C3C2C(=O)C1. The molecule has 5 rings (SSSR count). The minimum absolute atomic E-state index is 0.0290. The van der Waals surface area contributed by atoms with Crippen molar-refractivity contribution < 1.29 is 9.59 Å². The van der Waals surface area contributed by atoms with Gasteiger partial charge in [0, 0.05) is 17.7 Å². The number of carbonyl (C=O) groups excluding carboxylic acids is 2. The van der Waals surface area contributed by atoms with Crippen molar-refractivity contribution in [1.82, 2.24) is 0 Å². The average molecular weight is 344 g/mol. The number of fused-ring (bicyclic) bond motifs is 7. The van der Waals surface area contributed by atoms with Gasteiger partial charge in [0.1, 0.15) is 5.78 Å². The number of amides is 1. The molecule has 4 nitrogen and oxygen atoms in total. The molecule has 2 aromatic carbocycles. The van der Waals surface area contributed by atoms with E-state index in [2.05, 4.69) is 25.2 Å². The molecule has 0 saturated heterocycles. The summed E-state index contributed by atoms with van der Waals surface area (Å²) < 4.78 is 0. The van der Waals surface area contributed by atoms with Crippen LogP contribution in [0.5, 0.6) is 0 Å². The van der Waals surface area contributed by atoms with Crippen LogP contribution < -0.4 is 10.2 Å². The van der Waals surface area contributed by atoms with Gasteiger partial charge in [0.25, 0.3) is 5.91 Å². The first-order chi connectivity index (χ1) is 12.5. The Labute approximate surface area is 152 Å². The number of hydrogen-bond acceptors (Lipinski definition) is 3. The van der Waals surface area contributed by atoms with Crippen LogP contribution in [0, 0.1) is 11.3 Å². The highest BCUT2D eigenvalue weighted by atomic mass is 16.2. The van der Waals surface area contributed by atoms with Crippen molar-refractivity contribution in [2.24, 2.45) is 11.3 Å². The number of para-hydroxylation sites is 2. The van der Waals surface area contributed by atoms with Gasteiger partial charge in [-0.1, -0.05) is 50.3 Å². The predicted octanol–water partition coefficient (Wildman–Crippen LogP) is 4.31. The third kappa shape index (κ3) is 2.02. The fraction of sp³-hybridized carbons (Fsp3) is 0.273. The van der Waals surface area contributed by atoms with E-state index in [1.165, 1.54) is 0 Å². The van der Waals surface area contributed by atoms with E-state index >= 15 is 0 Å². The van der Waals surface area contributed by atoms with Crippen LogP contribution in [-0.2, 0) is 4.79 Å². The zero-order valence-corrected chi connectivity index (χ0v) is 14.8. The topological polar surface area (TPSA) is 49.4 Å². The third-order valence-electron chi connectivity index (χ3n) is 5.62. The molecule has 0 aromatic heterocycles. The van der Waals surface area contributed by atoms with Gasteiger partial charge in [-0.2, -0.15) is 0 Å². The molecule has 4 heteroatoms. The smallest absolute Gasteiger partial charge is 0.259 e.